The molecule has 5 nitrogen and oxygen atoms in total. The summed E-state index contributed by atoms with van der Waals surface area (Å²) in [5.41, 5.74) is -0.846. The van der Waals surface area contributed by atoms with Crippen LogP contribution in [0.2, 0.25) is 0 Å². The van der Waals surface area contributed by atoms with Crippen LogP contribution in [0.5, 0.6) is 0 Å². The second kappa shape index (κ2) is 6.16. The number of ether oxygens (including phenoxy) is 2. The summed E-state index contributed by atoms with van der Waals surface area (Å²) in [5.74, 6) is -2.73. The molecule has 0 spiro atoms. The molecular weight excluding hydrogens is 306 g/mol. The maximum atomic E-state index is 14.0. The van der Waals surface area contributed by atoms with E-state index in [1.54, 1.807) is 20.8 Å². The van der Waals surface area contributed by atoms with Gasteiger partial charge in [0.15, 0.2) is 0 Å². The van der Waals surface area contributed by atoms with Gasteiger partial charge in [0.05, 0.1) is 19.2 Å². The number of alkyl halides is 2. The van der Waals surface area contributed by atoms with Crippen LogP contribution in [-0.2, 0) is 9.47 Å². The zero-order valence-corrected chi connectivity index (χ0v) is 14.5. The summed E-state index contributed by atoms with van der Waals surface area (Å²) in [4.78, 5) is 11.5. The first-order chi connectivity index (χ1) is 10.4. The van der Waals surface area contributed by atoms with Gasteiger partial charge in [-0.2, -0.15) is 0 Å². The number of carbonyl (C=O) groups excluding carboxylic acids is 1. The lowest BCUT2D eigenvalue weighted by Gasteiger charge is -2.55. The van der Waals surface area contributed by atoms with E-state index < -0.39 is 30.7 Å². The van der Waals surface area contributed by atoms with E-state index in [9.17, 15) is 13.6 Å². The molecule has 0 aromatic heterocycles. The first-order valence-corrected chi connectivity index (χ1v) is 8.12. The van der Waals surface area contributed by atoms with E-state index in [1.165, 1.54) is 0 Å². The largest absolute Gasteiger partial charge is 0.444 e. The van der Waals surface area contributed by atoms with Crippen LogP contribution in [-0.4, -0.2) is 49.5 Å². The first-order valence-electron chi connectivity index (χ1n) is 8.12. The third kappa shape index (κ3) is 4.32. The molecule has 1 saturated heterocycles. The summed E-state index contributed by atoms with van der Waals surface area (Å²) in [5, 5.41) is 5.10. The minimum absolute atomic E-state index is 0.0161. The number of amides is 1. The highest BCUT2D eigenvalue weighted by Crippen LogP contribution is 2.52. The summed E-state index contributed by atoms with van der Waals surface area (Å²) < 4.78 is 38.6. The Morgan fingerprint density at radius 3 is 2.57 bits per heavy atom. The molecule has 2 aliphatic rings. The highest BCUT2D eigenvalue weighted by atomic mass is 19.3. The predicted molar refractivity (Wildman–Crippen MR) is 82.6 cm³/mol. The molecule has 1 heterocycles. The number of halogens is 2. The minimum atomic E-state index is -3.03. The van der Waals surface area contributed by atoms with E-state index in [0.29, 0.717) is 12.5 Å². The van der Waals surface area contributed by atoms with Crippen molar-refractivity contribution < 1.29 is 23.0 Å². The van der Waals surface area contributed by atoms with Crippen molar-refractivity contribution in [3.05, 3.63) is 0 Å². The Labute approximate surface area is 136 Å². The number of fused-ring (bicyclic) bond motifs is 1. The lowest BCUT2D eigenvalue weighted by molar-refractivity contribution is -0.119. The number of hydrogen-bond donors (Lipinski definition) is 2. The highest BCUT2D eigenvalue weighted by molar-refractivity contribution is 5.67. The molecule has 3 unspecified atom stereocenters. The van der Waals surface area contributed by atoms with Crippen LogP contribution in [0.4, 0.5) is 13.6 Å². The van der Waals surface area contributed by atoms with Gasteiger partial charge in [-0.1, -0.05) is 13.8 Å². The second-order valence-electron chi connectivity index (χ2n) is 8.14. The van der Waals surface area contributed by atoms with Gasteiger partial charge >= 0.3 is 6.09 Å². The molecule has 2 fully saturated rings. The number of rotatable bonds is 5. The van der Waals surface area contributed by atoms with Gasteiger partial charge in [-0.3, -0.25) is 0 Å². The number of carbonyl (C=O) groups is 1. The van der Waals surface area contributed by atoms with Gasteiger partial charge in [-0.25, -0.2) is 13.6 Å². The van der Waals surface area contributed by atoms with E-state index >= 15 is 0 Å². The fourth-order valence-corrected chi connectivity index (χ4v) is 3.58. The van der Waals surface area contributed by atoms with E-state index in [4.69, 9.17) is 9.47 Å². The molecule has 0 bridgehead atoms. The Kier molecular flexibility index (Phi) is 4.93. The van der Waals surface area contributed by atoms with Crippen LogP contribution in [0.1, 0.15) is 41.0 Å². The smallest absolute Gasteiger partial charge is 0.407 e. The summed E-state index contributed by atoms with van der Waals surface area (Å²) in [6.07, 6.45) is 0.243. The van der Waals surface area contributed by atoms with Crippen molar-refractivity contribution >= 4 is 6.09 Å². The van der Waals surface area contributed by atoms with E-state index in [0.717, 1.165) is 6.42 Å². The molecule has 2 N–H and O–H groups in total. The molecule has 0 aromatic rings. The van der Waals surface area contributed by atoms with Gasteiger partial charge in [0.1, 0.15) is 5.60 Å². The third-order valence-electron chi connectivity index (χ3n) is 4.57. The molecule has 23 heavy (non-hydrogen) atoms. The quantitative estimate of drug-likeness (QED) is 0.811. The van der Waals surface area contributed by atoms with Gasteiger partial charge in [-0.15, -0.1) is 0 Å². The van der Waals surface area contributed by atoms with Crippen LogP contribution in [0.15, 0.2) is 0 Å². The predicted octanol–water partition coefficient (Wildman–Crippen LogP) is 2.55. The third-order valence-corrected chi connectivity index (χ3v) is 4.57. The molecule has 3 atom stereocenters. The lowest BCUT2D eigenvalue weighted by atomic mass is 9.57. The van der Waals surface area contributed by atoms with Crippen molar-refractivity contribution in [2.24, 2.45) is 11.3 Å². The Morgan fingerprint density at radius 1 is 1.30 bits per heavy atom. The molecule has 0 radical (unpaired) electrons. The fourth-order valence-electron chi connectivity index (χ4n) is 3.58. The van der Waals surface area contributed by atoms with E-state index in [1.807, 2.05) is 13.8 Å². The first kappa shape index (κ1) is 18.4. The average molecular weight is 334 g/mol. The molecule has 1 aliphatic carbocycles. The maximum Gasteiger partial charge on any atom is 0.407 e. The number of nitrogens with one attached hydrogen (secondary N) is 2. The molecule has 1 aliphatic heterocycles. The topological polar surface area (TPSA) is 59.6 Å². The van der Waals surface area contributed by atoms with Gasteiger partial charge in [-0.05, 0) is 27.2 Å². The molecule has 0 aromatic carbocycles. The zero-order chi connectivity index (χ0) is 17.5. The van der Waals surface area contributed by atoms with Crippen molar-refractivity contribution in [1.82, 2.24) is 10.6 Å². The van der Waals surface area contributed by atoms with Crippen molar-refractivity contribution in [2.75, 3.05) is 19.7 Å². The summed E-state index contributed by atoms with van der Waals surface area (Å²) >= 11 is 0. The SMILES string of the molecule is CC(C)(C)OC(=O)NCC(F)(F)CNC1C2CCOC2C1(C)C. The van der Waals surface area contributed by atoms with Gasteiger partial charge in [0.2, 0.25) is 0 Å². The summed E-state index contributed by atoms with van der Waals surface area (Å²) in [6.45, 7) is 8.62. The molecule has 7 heteroatoms. The summed E-state index contributed by atoms with van der Waals surface area (Å²) in [7, 11) is 0. The van der Waals surface area contributed by atoms with Crippen molar-refractivity contribution in [3.8, 4) is 0 Å². The number of alkyl carbamates (subject to hydrolysis) is 1. The number of hydrogen-bond acceptors (Lipinski definition) is 4. The molecule has 1 amide bonds. The van der Waals surface area contributed by atoms with Crippen molar-refractivity contribution in [1.29, 1.82) is 0 Å². The Hall–Kier alpha value is -0.950. The van der Waals surface area contributed by atoms with Gasteiger partial charge in [0, 0.05) is 24.0 Å². The van der Waals surface area contributed by atoms with Crippen LogP contribution in [0.3, 0.4) is 0 Å². The van der Waals surface area contributed by atoms with Crippen LogP contribution >= 0.6 is 0 Å². The molecular formula is C16H28F2N2O3. The molecule has 134 valence electrons. The van der Waals surface area contributed by atoms with Gasteiger partial charge < -0.3 is 20.1 Å². The Balaban J connectivity index is 1.77. The zero-order valence-electron chi connectivity index (χ0n) is 14.5. The summed E-state index contributed by atoms with van der Waals surface area (Å²) in [6, 6.07) is 0.0161. The van der Waals surface area contributed by atoms with Gasteiger partial charge in [0.25, 0.3) is 5.92 Å². The van der Waals surface area contributed by atoms with Crippen molar-refractivity contribution in [3.63, 3.8) is 0 Å². The minimum Gasteiger partial charge on any atom is -0.444 e. The molecule has 1 saturated carbocycles. The maximum absolute atomic E-state index is 14.0. The fraction of sp³-hybridized carbons (Fsp3) is 0.938. The van der Waals surface area contributed by atoms with E-state index in [2.05, 4.69) is 10.6 Å². The average Bonchev–Trinajstić information content (AvgIpc) is 2.81. The highest BCUT2D eigenvalue weighted by Gasteiger charge is 2.59. The van der Waals surface area contributed by atoms with Crippen molar-refractivity contribution in [2.45, 2.75) is 64.7 Å². The standard InChI is InChI=1S/C16H28F2N2O3/c1-14(2,3)23-13(21)20-9-16(17,18)8-19-11-10-6-7-22-12(10)15(11,4)5/h10-12,19H,6-9H2,1-5H3,(H,20,21). The molecule has 2 rings (SSSR count). The Bertz CT molecular complexity index is 449. The second-order valence-corrected chi connectivity index (χ2v) is 8.14. The van der Waals surface area contributed by atoms with Crippen LogP contribution in [0.25, 0.3) is 0 Å². The normalized spacial score (nSPS) is 29.6. The van der Waals surface area contributed by atoms with Crippen LogP contribution in [0, 0.1) is 11.3 Å². The lowest BCUT2D eigenvalue weighted by Crippen LogP contribution is -2.67. The van der Waals surface area contributed by atoms with E-state index in [-0.39, 0.29) is 17.6 Å². The monoisotopic (exact) mass is 334 g/mol. The Morgan fingerprint density at radius 2 is 1.96 bits per heavy atom. The van der Waals surface area contributed by atoms with Crippen LogP contribution < -0.4 is 10.6 Å².